The summed E-state index contributed by atoms with van der Waals surface area (Å²) in [5.41, 5.74) is 1.78. The van der Waals surface area contributed by atoms with Gasteiger partial charge in [-0.2, -0.15) is 0 Å². The highest BCUT2D eigenvalue weighted by molar-refractivity contribution is 5.90. The number of hydrogen-bond acceptors (Lipinski definition) is 6. The molecule has 31 heavy (non-hydrogen) atoms. The van der Waals surface area contributed by atoms with E-state index >= 15 is 0 Å². The number of nitrogens with zero attached hydrogens (tertiary/aromatic N) is 1. The summed E-state index contributed by atoms with van der Waals surface area (Å²) in [6, 6.07) is 13.0. The molecule has 0 saturated carbocycles. The predicted octanol–water partition coefficient (Wildman–Crippen LogP) is 3.04. The van der Waals surface area contributed by atoms with Crippen molar-refractivity contribution >= 4 is 11.6 Å². The SMILES string of the molecule is COc1ccc([C@H](O)CN2CCC3(CC2)C[C@H](O)c2ccccc2O3)cc1NC(C)=O. The molecule has 0 aromatic heterocycles. The molecule has 0 aliphatic carbocycles. The van der Waals surface area contributed by atoms with Crippen LogP contribution < -0.4 is 14.8 Å². The van der Waals surface area contributed by atoms with Gasteiger partial charge < -0.3 is 29.9 Å². The highest BCUT2D eigenvalue weighted by Crippen LogP contribution is 2.44. The van der Waals surface area contributed by atoms with Crippen molar-refractivity contribution in [3.63, 3.8) is 0 Å². The minimum Gasteiger partial charge on any atom is -0.495 e. The smallest absolute Gasteiger partial charge is 0.221 e. The van der Waals surface area contributed by atoms with Gasteiger partial charge in [-0.1, -0.05) is 24.3 Å². The molecule has 7 heteroatoms. The average Bonchev–Trinajstić information content (AvgIpc) is 2.75. The molecular weight excluding hydrogens is 396 g/mol. The van der Waals surface area contributed by atoms with Gasteiger partial charge in [-0.3, -0.25) is 4.79 Å². The Bertz CT molecular complexity index is 939. The van der Waals surface area contributed by atoms with Crippen LogP contribution in [-0.2, 0) is 4.79 Å². The molecule has 166 valence electrons. The van der Waals surface area contributed by atoms with Crippen LogP contribution in [0.25, 0.3) is 0 Å². The van der Waals surface area contributed by atoms with Gasteiger partial charge in [0, 0.05) is 38.5 Å². The van der Waals surface area contributed by atoms with Gasteiger partial charge in [0.25, 0.3) is 0 Å². The number of likely N-dealkylation sites (tertiary alicyclic amines) is 1. The topological polar surface area (TPSA) is 91.3 Å². The standard InChI is InChI=1S/C24H30N2O5/c1-16(27)25-19-13-17(7-8-23(19)30-2)21(29)15-26-11-9-24(10-12-26)14-20(28)18-5-3-4-6-22(18)31-24/h3-8,13,20-21,28-29H,9-12,14-15H2,1-2H3,(H,25,27)/t20-,21+/m0/s1. The number of benzene rings is 2. The molecule has 2 atom stereocenters. The van der Waals surface area contributed by atoms with Crippen LogP contribution in [0, 0.1) is 0 Å². The van der Waals surface area contributed by atoms with E-state index in [1.165, 1.54) is 6.92 Å². The van der Waals surface area contributed by atoms with E-state index in [4.69, 9.17) is 9.47 Å². The fraction of sp³-hybridized carbons (Fsp3) is 0.458. The molecule has 0 bridgehead atoms. The Hall–Kier alpha value is -2.61. The van der Waals surface area contributed by atoms with Gasteiger partial charge in [0.15, 0.2) is 0 Å². The first-order chi connectivity index (χ1) is 14.9. The second-order valence-electron chi connectivity index (χ2n) is 8.50. The van der Waals surface area contributed by atoms with Crippen molar-refractivity contribution in [2.24, 2.45) is 0 Å². The van der Waals surface area contributed by atoms with Gasteiger partial charge in [0.2, 0.25) is 5.91 Å². The number of methoxy groups -OCH3 is 1. The summed E-state index contributed by atoms with van der Waals surface area (Å²) in [6.45, 7) is 3.48. The number of para-hydroxylation sites is 1. The van der Waals surface area contributed by atoms with Gasteiger partial charge in [-0.05, 0) is 36.6 Å². The first-order valence-corrected chi connectivity index (χ1v) is 10.7. The van der Waals surface area contributed by atoms with E-state index in [1.807, 2.05) is 30.3 Å². The maximum atomic E-state index is 11.5. The Morgan fingerprint density at radius 1 is 1.29 bits per heavy atom. The van der Waals surface area contributed by atoms with Crippen LogP contribution >= 0.6 is 0 Å². The summed E-state index contributed by atoms with van der Waals surface area (Å²) < 4.78 is 11.6. The van der Waals surface area contributed by atoms with Crippen molar-refractivity contribution < 1.29 is 24.5 Å². The Balaban J connectivity index is 1.39. The molecule has 2 aromatic rings. The van der Waals surface area contributed by atoms with E-state index in [1.54, 1.807) is 19.2 Å². The van der Waals surface area contributed by atoms with Crippen LogP contribution in [0.15, 0.2) is 42.5 Å². The second kappa shape index (κ2) is 8.86. The van der Waals surface area contributed by atoms with Crippen LogP contribution in [0.1, 0.15) is 49.5 Å². The lowest BCUT2D eigenvalue weighted by Gasteiger charge is -2.46. The molecular formula is C24H30N2O5. The molecule has 1 amide bonds. The van der Waals surface area contributed by atoms with Crippen molar-refractivity contribution in [3.05, 3.63) is 53.6 Å². The zero-order chi connectivity index (χ0) is 22.0. The van der Waals surface area contributed by atoms with Gasteiger partial charge >= 0.3 is 0 Å². The lowest BCUT2D eigenvalue weighted by atomic mass is 9.81. The molecule has 2 heterocycles. The average molecular weight is 427 g/mol. The lowest BCUT2D eigenvalue weighted by molar-refractivity contribution is -0.114. The first-order valence-electron chi connectivity index (χ1n) is 10.7. The largest absolute Gasteiger partial charge is 0.495 e. The molecule has 2 aliphatic rings. The van der Waals surface area contributed by atoms with Gasteiger partial charge in [0.05, 0.1) is 25.0 Å². The summed E-state index contributed by atoms with van der Waals surface area (Å²) in [5, 5.41) is 24.1. The molecule has 0 unspecified atom stereocenters. The van der Waals surface area contributed by atoms with Crippen LogP contribution in [0.3, 0.4) is 0 Å². The summed E-state index contributed by atoms with van der Waals surface area (Å²) in [7, 11) is 1.54. The molecule has 2 aromatic carbocycles. The van der Waals surface area contributed by atoms with E-state index in [0.29, 0.717) is 24.4 Å². The van der Waals surface area contributed by atoms with E-state index in [0.717, 1.165) is 42.8 Å². The van der Waals surface area contributed by atoms with E-state index in [2.05, 4.69) is 10.2 Å². The molecule has 2 aliphatic heterocycles. The molecule has 4 rings (SSSR count). The number of aliphatic hydroxyl groups excluding tert-OH is 2. The summed E-state index contributed by atoms with van der Waals surface area (Å²) in [5.74, 6) is 1.14. The van der Waals surface area contributed by atoms with Crippen LogP contribution in [0.4, 0.5) is 5.69 Å². The molecule has 3 N–H and O–H groups in total. The zero-order valence-corrected chi connectivity index (χ0v) is 18.0. The maximum absolute atomic E-state index is 11.5. The third-order valence-corrected chi connectivity index (χ3v) is 6.29. The summed E-state index contributed by atoms with van der Waals surface area (Å²) >= 11 is 0. The second-order valence-corrected chi connectivity index (χ2v) is 8.50. The van der Waals surface area contributed by atoms with Gasteiger partial charge in [-0.15, -0.1) is 0 Å². The molecule has 1 fully saturated rings. The Morgan fingerprint density at radius 3 is 2.74 bits per heavy atom. The molecule has 0 radical (unpaired) electrons. The highest BCUT2D eigenvalue weighted by Gasteiger charge is 2.42. The lowest BCUT2D eigenvalue weighted by Crippen LogP contribution is -2.51. The number of rotatable bonds is 5. The third kappa shape index (κ3) is 4.69. The Labute approximate surface area is 182 Å². The number of ether oxygens (including phenoxy) is 2. The number of nitrogens with one attached hydrogen (secondary N) is 1. The van der Waals surface area contributed by atoms with Crippen molar-refractivity contribution in [1.82, 2.24) is 4.90 Å². The monoisotopic (exact) mass is 426 g/mol. The Kier molecular flexibility index (Phi) is 6.18. The minimum atomic E-state index is -0.689. The number of amides is 1. The normalized spacial score (nSPS) is 21.1. The van der Waals surface area contributed by atoms with Crippen molar-refractivity contribution in [3.8, 4) is 11.5 Å². The number of fused-ring (bicyclic) bond motifs is 1. The minimum absolute atomic E-state index is 0.192. The predicted molar refractivity (Wildman–Crippen MR) is 117 cm³/mol. The summed E-state index contributed by atoms with van der Waals surface area (Å²) in [4.78, 5) is 13.7. The number of aliphatic hydroxyl groups is 2. The van der Waals surface area contributed by atoms with Crippen LogP contribution in [0.5, 0.6) is 11.5 Å². The Morgan fingerprint density at radius 2 is 2.03 bits per heavy atom. The fourth-order valence-corrected chi connectivity index (χ4v) is 4.61. The molecule has 7 nitrogen and oxygen atoms in total. The molecule has 1 spiro atoms. The zero-order valence-electron chi connectivity index (χ0n) is 18.0. The molecule has 1 saturated heterocycles. The fourth-order valence-electron chi connectivity index (χ4n) is 4.61. The van der Waals surface area contributed by atoms with E-state index < -0.39 is 12.2 Å². The van der Waals surface area contributed by atoms with Crippen molar-refractivity contribution in [1.29, 1.82) is 0 Å². The number of piperidine rings is 1. The third-order valence-electron chi connectivity index (χ3n) is 6.29. The van der Waals surface area contributed by atoms with E-state index in [9.17, 15) is 15.0 Å². The van der Waals surface area contributed by atoms with Crippen molar-refractivity contribution in [2.75, 3.05) is 32.1 Å². The number of hydrogen-bond donors (Lipinski definition) is 3. The highest BCUT2D eigenvalue weighted by atomic mass is 16.5. The quantitative estimate of drug-likeness (QED) is 0.681. The maximum Gasteiger partial charge on any atom is 0.221 e. The summed E-state index contributed by atoms with van der Waals surface area (Å²) in [6.07, 6.45) is 0.994. The number of anilines is 1. The first kappa shape index (κ1) is 21.6. The van der Waals surface area contributed by atoms with Crippen molar-refractivity contribution in [2.45, 2.75) is 44.0 Å². The van der Waals surface area contributed by atoms with E-state index in [-0.39, 0.29) is 11.5 Å². The number of carbonyl (C=O) groups excluding carboxylic acids is 1. The van der Waals surface area contributed by atoms with Crippen LogP contribution in [-0.4, -0.2) is 53.4 Å². The number of carbonyl (C=O) groups is 1. The van der Waals surface area contributed by atoms with Crippen LogP contribution in [0.2, 0.25) is 0 Å². The number of β-amino-alcohol motifs (C(OH)–C–C–N with tert-alkyl or cyclic N) is 1. The van der Waals surface area contributed by atoms with Gasteiger partial charge in [-0.25, -0.2) is 0 Å². The van der Waals surface area contributed by atoms with Gasteiger partial charge in [0.1, 0.15) is 17.1 Å².